The number of nitrogens with zero attached hydrogens (tertiary/aromatic N) is 2. The van der Waals surface area contributed by atoms with E-state index in [2.05, 4.69) is 50.4 Å². The Balaban J connectivity index is 2.01. The molecule has 0 aliphatic carbocycles. The highest BCUT2D eigenvalue weighted by atomic mass is 19.3. The number of halogens is 2. The second-order valence-corrected chi connectivity index (χ2v) is 7.07. The predicted molar refractivity (Wildman–Crippen MR) is 116 cm³/mol. The van der Waals surface area contributed by atoms with Gasteiger partial charge in [0.05, 0.1) is 12.6 Å². The molecule has 0 amide bonds. The van der Waals surface area contributed by atoms with Crippen molar-refractivity contribution < 1.29 is 18.6 Å². The van der Waals surface area contributed by atoms with Crippen molar-refractivity contribution >= 4 is 11.6 Å². The van der Waals surface area contributed by atoms with E-state index in [0.29, 0.717) is 24.6 Å². The van der Waals surface area contributed by atoms with E-state index in [1.165, 1.54) is 17.7 Å². The summed E-state index contributed by atoms with van der Waals surface area (Å²) in [5.74, 6) is 0.637. The fraction of sp³-hybridized carbons (Fsp3) is 0.409. The Morgan fingerprint density at radius 3 is 2.43 bits per heavy atom. The molecule has 0 radical (unpaired) electrons. The van der Waals surface area contributed by atoms with Gasteiger partial charge in [-0.3, -0.25) is 0 Å². The number of hydrogen-bond donors (Lipinski definition) is 3. The van der Waals surface area contributed by atoms with Gasteiger partial charge in [0.15, 0.2) is 5.96 Å². The number of benzene rings is 2. The van der Waals surface area contributed by atoms with Gasteiger partial charge in [0.1, 0.15) is 5.75 Å². The first kappa shape index (κ1) is 23.4. The van der Waals surface area contributed by atoms with E-state index < -0.39 is 12.7 Å². The maximum Gasteiger partial charge on any atom is 0.387 e. The summed E-state index contributed by atoms with van der Waals surface area (Å²) in [5.41, 5.74) is 3.98. The molecule has 0 spiro atoms. The van der Waals surface area contributed by atoms with Crippen LogP contribution in [0.15, 0.2) is 47.5 Å². The van der Waals surface area contributed by atoms with Crippen molar-refractivity contribution in [2.24, 2.45) is 4.99 Å². The first-order valence-electron chi connectivity index (χ1n) is 9.82. The van der Waals surface area contributed by atoms with Gasteiger partial charge in [-0.1, -0.05) is 24.3 Å². The Morgan fingerprint density at radius 1 is 1.13 bits per heavy atom. The van der Waals surface area contributed by atoms with Gasteiger partial charge in [-0.25, -0.2) is 4.99 Å². The number of hydrogen-bond acceptors (Lipinski definition) is 4. The lowest BCUT2D eigenvalue weighted by Gasteiger charge is -2.19. The summed E-state index contributed by atoms with van der Waals surface area (Å²) in [5, 5.41) is 16.7. The lowest BCUT2D eigenvalue weighted by atomic mass is 10.1. The number of aryl methyl sites for hydroxylation is 1. The van der Waals surface area contributed by atoms with Crippen molar-refractivity contribution in [1.29, 1.82) is 0 Å². The lowest BCUT2D eigenvalue weighted by molar-refractivity contribution is -0.0498. The van der Waals surface area contributed by atoms with Gasteiger partial charge < -0.3 is 25.4 Å². The zero-order chi connectivity index (χ0) is 22.1. The van der Waals surface area contributed by atoms with E-state index >= 15 is 0 Å². The highest BCUT2D eigenvalue weighted by Crippen LogP contribution is 2.21. The largest absolute Gasteiger partial charge is 0.435 e. The van der Waals surface area contributed by atoms with E-state index in [4.69, 9.17) is 0 Å². The van der Waals surface area contributed by atoms with Crippen LogP contribution in [0.3, 0.4) is 0 Å². The first-order valence-corrected chi connectivity index (χ1v) is 9.82. The summed E-state index contributed by atoms with van der Waals surface area (Å²) in [6.07, 6.45) is -0.828. The third kappa shape index (κ3) is 7.18. The average molecular weight is 421 g/mol. The summed E-state index contributed by atoms with van der Waals surface area (Å²) in [6, 6.07) is 12.2. The van der Waals surface area contributed by atoms with Crippen LogP contribution in [-0.4, -0.2) is 44.9 Å². The molecule has 2 rings (SSSR count). The van der Waals surface area contributed by atoms with Crippen LogP contribution < -0.4 is 20.3 Å². The highest BCUT2D eigenvalue weighted by Gasteiger charge is 2.11. The second-order valence-electron chi connectivity index (χ2n) is 7.07. The van der Waals surface area contributed by atoms with Gasteiger partial charge in [-0.2, -0.15) is 8.78 Å². The third-order valence-corrected chi connectivity index (χ3v) is 4.43. The molecule has 0 aromatic heterocycles. The molecule has 2 aromatic rings. The van der Waals surface area contributed by atoms with E-state index in [0.717, 1.165) is 11.3 Å². The van der Waals surface area contributed by atoms with Crippen molar-refractivity contribution in [2.45, 2.75) is 33.1 Å². The quantitative estimate of drug-likeness (QED) is 0.428. The van der Waals surface area contributed by atoms with Gasteiger partial charge in [0.2, 0.25) is 0 Å². The summed E-state index contributed by atoms with van der Waals surface area (Å²) in [7, 11) is 4.00. The molecule has 1 atom stereocenters. The standard InChI is InChI=1S/C22H30F2N4O2/c1-5-25-22(26-13-17-7-6-15(2)12-19(17)28(3)4)27-14-20(29)16-8-10-18(11-9-16)30-21(23)24/h6-12,20-21,29H,5,13-14H2,1-4H3,(H2,25,26,27). The van der Waals surface area contributed by atoms with Gasteiger partial charge in [-0.05, 0) is 48.7 Å². The summed E-state index contributed by atoms with van der Waals surface area (Å²) in [6.45, 7) is 2.53. The van der Waals surface area contributed by atoms with Crippen LogP contribution in [0, 0.1) is 6.92 Å². The Kier molecular flexibility index (Phi) is 8.86. The molecule has 0 aliphatic heterocycles. The van der Waals surface area contributed by atoms with E-state index in [9.17, 15) is 13.9 Å². The maximum atomic E-state index is 12.2. The fourth-order valence-corrected chi connectivity index (χ4v) is 2.91. The van der Waals surface area contributed by atoms with Gasteiger partial charge in [-0.15, -0.1) is 0 Å². The second kappa shape index (κ2) is 11.3. The van der Waals surface area contributed by atoms with E-state index in [-0.39, 0.29) is 12.3 Å². The van der Waals surface area contributed by atoms with Crippen molar-refractivity contribution in [1.82, 2.24) is 10.6 Å². The molecule has 30 heavy (non-hydrogen) atoms. The molecule has 0 heterocycles. The third-order valence-electron chi connectivity index (χ3n) is 4.43. The first-order chi connectivity index (χ1) is 14.3. The average Bonchev–Trinajstić information content (AvgIpc) is 2.70. The van der Waals surface area contributed by atoms with Gasteiger partial charge in [0.25, 0.3) is 0 Å². The predicted octanol–water partition coefficient (Wildman–Crippen LogP) is 3.45. The fourth-order valence-electron chi connectivity index (χ4n) is 2.91. The summed E-state index contributed by atoms with van der Waals surface area (Å²) in [4.78, 5) is 6.68. The zero-order valence-corrected chi connectivity index (χ0v) is 17.8. The van der Waals surface area contributed by atoms with Gasteiger partial charge >= 0.3 is 6.61 Å². The molecule has 0 saturated heterocycles. The molecule has 0 bridgehead atoms. The minimum Gasteiger partial charge on any atom is -0.435 e. The van der Waals surface area contributed by atoms with Crippen LogP contribution in [0.25, 0.3) is 0 Å². The van der Waals surface area contributed by atoms with Crippen LogP contribution in [0.1, 0.15) is 29.7 Å². The SMILES string of the molecule is CCNC(=NCc1ccc(C)cc1N(C)C)NCC(O)c1ccc(OC(F)F)cc1. The van der Waals surface area contributed by atoms with Crippen LogP contribution in [0.2, 0.25) is 0 Å². The number of alkyl halides is 2. The Bertz CT molecular complexity index is 826. The number of ether oxygens (including phenoxy) is 1. The van der Waals surface area contributed by atoms with Gasteiger partial charge in [0, 0.05) is 32.9 Å². The number of rotatable bonds is 9. The number of guanidine groups is 1. The minimum atomic E-state index is -2.87. The Morgan fingerprint density at radius 2 is 1.83 bits per heavy atom. The molecule has 1 unspecified atom stereocenters. The molecule has 164 valence electrons. The van der Waals surface area contributed by atoms with E-state index in [1.807, 2.05) is 21.0 Å². The molecule has 0 aliphatic rings. The number of aliphatic hydroxyl groups excluding tert-OH is 1. The maximum absolute atomic E-state index is 12.2. The van der Waals surface area contributed by atoms with Crippen LogP contribution in [-0.2, 0) is 6.54 Å². The van der Waals surface area contributed by atoms with E-state index in [1.54, 1.807) is 12.1 Å². The molecule has 8 heteroatoms. The van der Waals surface area contributed by atoms with Crippen LogP contribution in [0.5, 0.6) is 5.75 Å². The minimum absolute atomic E-state index is 0.0543. The Labute approximate surface area is 176 Å². The molecule has 2 aromatic carbocycles. The number of aliphatic hydroxyl groups is 1. The lowest BCUT2D eigenvalue weighted by Crippen LogP contribution is -2.39. The topological polar surface area (TPSA) is 69.1 Å². The molecular formula is C22H30F2N4O2. The number of nitrogens with one attached hydrogen (secondary N) is 2. The zero-order valence-electron chi connectivity index (χ0n) is 17.8. The molecule has 6 nitrogen and oxygen atoms in total. The van der Waals surface area contributed by atoms with Crippen LogP contribution >= 0.6 is 0 Å². The Hall–Kier alpha value is -2.87. The smallest absolute Gasteiger partial charge is 0.387 e. The summed E-state index contributed by atoms with van der Waals surface area (Å²) < 4.78 is 28.8. The highest BCUT2D eigenvalue weighted by molar-refractivity contribution is 5.80. The molecule has 0 saturated carbocycles. The van der Waals surface area contributed by atoms with Crippen LogP contribution in [0.4, 0.5) is 14.5 Å². The molecule has 0 fully saturated rings. The van der Waals surface area contributed by atoms with Crippen molar-refractivity contribution in [2.75, 3.05) is 32.1 Å². The van der Waals surface area contributed by atoms with Crippen molar-refractivity contribution in [3.8, 4) is 5.75 Å². The molecular weight excluding hydrogens is 390 g/mol. The number of aliphatic imine (C=N–C) groups is 1. The molecule has 3 N–H and O–H groups in total. The normalized spacial score (nSPS) is 12.6. The monoisotopic (exact) mass is 420 g/mol. The summed E-state index contributed by atoms with van der Waals surface area (Å²) >= 11 is 0. The number of anilines is 1. The van der Waals surface area contributed by atoms with Crippen molar-refractivity contribution in [3.05, 3.63) is 59.2 Å². The van der Waals surface area contributed by atoms with Crippen molar-refractivity contribution in [3.63, 3.8) is 0 Å².